The van der Waals surface area contributed by atoms with Crippen LogP contribution in [0.25, 0.3) is 0 Å². The smallest absolute Gasteiger partial charge is 0.136 e. The van der Waals surface area contributed by atoms with Crippen LogP contribution in [0.5, 0.6) is 0 Å². The van der Waals surface area contributed by atoms with Crippen molar-refractivity contribution in [1.82, 2.24) is 9.97 Å². The molecule has 0 bridgehead atoms. The summed E-state index contributed by atoms with van der Waals surface area (Å²) in [5.74, 6) is 3.28. The molecule has 0 spiro atoms. The molecule has 0 aromatic carbocycles. The van der Waals surface area contributed by atoms with Crippen LogP contribution in [0.15, 0.2) is 6.07 Å². The number of rotatable bonds is 8. The van der Waals surface area contributed by atoms with Crippen LogP contribution in [0, 0.1) is 0 Å². The first-order valence-corrected chi connectivity index (χ1v) is 7.67. The topological polar surface area (TPSA) is 61.3 Å². The first-order valence-electron chi connectivity index (χ1n) is 7.67. The van der Waals surface area contributed by atoms with Crippen LogP contribution in [-0.2, 0) is 0 Å². The summed E-state index contributed by atoms with van der Waals surface area (Å²) in [5, 5.41) is 12.5. The van der Waals surface area contributed by atoms with Crippen molar-refractivity contribution in [2.24, 2.45) is 0 Å². The monoisotopic (exact) mass is 278 g/mol. The number of aliphatic hydroxyl groups is 1. The molecule has 1 aliphatic rings. The molecule has 20 heavy (non-hydrogen) atoms. The fourth-order valence-electron chi connectivity index (χ4n) is 2.57. The summed E-state index contributed by atoms with van der Waals surface area (Å²) in [5.41, 5.74) is 0. The Morgan fingerprint density at radius 1 is 1.35 bits per heavy atom. The van der Waals surface area contributed by atoms with Gasteiger partial charge in [-0.25, -0.2) is 9.97 Å². The van der Waals surface area contributed by atoms with Gasteiger partial charge in [-0.2, -0.15) is 0 Å². The lowest BCUT2D eigenvalue weighted by atomic mass is 10.1. The van der Waals surface area contributed by atoms with Crippen molar-refractivity contribution in [1.29, 1.82) is 0 Å². The quantitative estimate of drug-likeness (QED) is 0.764. The standard InChI is InChI=1S/C15H26N4O/c1-4-12(5-2)19(8-9-20)14-10-13(16-3)17-15(18-14)11-6-7-11/h10-12,20H,4-9H2,1-3H3,(H,16,17,18). The normalized spacial score (nSPS) is 14.7. The van der Waals surface area contributed by atoms with E-state index in [2.05, 4.69) is 29.0 Å². The molecular weight excluding hydrogens is 252 g/mol. The maximum absolute atomic E-state index is 9.35. The Balaban J connectivity index is 2.32. The zero-order valence-corrected chi connectivity index (χ0v) is 12.8. The van der Waals surface area contributed by atoms with E-state index in [0.717, 1.165) is 30.3 Å². The van der Waals surface area contributed by atoms with Gasteiger partial charge in [-0.1, -0.05) is 13.8 Å². The van der Waals surface area contributed by atoms with E-state index in [9.17, 15) is 5.11 Å². The molecule has 1 saturated carbocycles. The van der Waals surface area contributed by atoms with Gasteiger partial charge < -0.3 is 15.3 Å². The highest BCUT2D eigenvalue weighted by molar-refractivity contribution is 5.50. The van der Waals surface area contributed by atoms with Crippen LogP contribution in [0.3, 0.4) is 0 Å². The predicted molar refractivity (Wildman–Crippen MR) is 82.4 cm³/mol. The van der Waals surface area contributed by atoms with E-state index in [1.165, 1.54) is 12.8 Å². The molecule has 0 aliphatic heterocycles. The summed E-state index contributed by atoms with van der Waals surface area (Å²) in [6, 6.07) is 2.40. The van der Waals surface area contributed by atoms with Crippen LogP contribution >= 0.6 is 0 Å². The van der Waals surface area contributed by atoms with Crippen LogP contribution in [0.2, 0.25) is 0 Å². The molecule has 2 rings (SSSR count). The SMILES string of the molecule is CCC(CC)N(CCO)c1cc(NC)nc(C2CC2)n1. The lowest BCUT2D eigenvalue weighted by Gasteiger charge is -2.31. The van der Waals surface area contributed by atoms with Crippen molar-refractivity contribution in [3.8, 4) is 0 Å². The second-order valence-corrected chi connectivity index (χ2v) is 5.38. The second kappa shape index (κ2) is 6.88. The summed E-state index contributed by atoms with van der Waals surface area (Å²) in [4.78, 5) is 11.5. The molecule has 1 heterocycles. The Hall–Kier alpha value is -1.36. The van der Waals surface area contributed by atoms with E-state index in [1.807, 2.05) is 13.1 Å². The highest BCUT2D eigenvalue weighted by atomic mass is 16.3. The summed E-state index contributed by atoms with van der Waals surface area (Å²) in [7, 11) is 1.89. The van der Waals surface area contributed by atoms with Crippen LogP contribution in [0.1, 0.15) is 51.3 Å². The van der Waals surface area contributed by atoms with E-state index in [1.54, 1.807) is 0 Å². The maximum Gasteiger partial charge on any atom is 0.136 e. The fourth-order valence-corrected chi connectivity index (χ4v) is 2.57. The van der Waals surface area contributed by atoms with Crippen molar-refractivity contribution >= 4 is 11.6 Å². The third kappa shape index (κ3) is 3.39. The molecule has 5 nitrogen and oxygen atoms in total. The van der Waals surface area contributed by atoms with Crippen molar-refractivity contribution in [2.75, 3.05) is 30.4 Å². The van der Waals surface area contributed by atoms with Gasteiger partial charge in [0.1, 0.15) is 17.5 Å². The molecule has 1 aliphatic carbocycles. The van der Waals surface area contributed by atoms with Gasteiger partial charge in [0, 0.05) is 31.6 Å². The van der Waals surface area contributed by atoms with Gasteiger partial charge in [-0.15, -0.1) is 0 Å². The van der Waals surface area contributed by atoms with E-state index >= 15 is 0 Å². The number of nitrogens with zero attached hydrogens (tertiary/aromatic N) is 3. The van der Waals surface area contributed by atoms with Gasteiger partial charge >= 0.3 is 0 Å². The lowest BCUT2D eigenvalue weighted by Crippen LogP contribution is -2.37. The highest BCUT2D eigenvalue weighted by Crippen LogP contribution is 2.39. The largest absolute Gasteiger partial charge is 0.395 e. The Morgan fingerprint density at radius 2 is 2.05 bits per heavy atom. The number of nitrogens with one attached hydrogen (secondary N) is 1. The first kappa shape index (κ1) is 15.0. The van der Waals surface area contributed by atoms with Crippen LogP contribution < -0.4 is 10.2 Å². The Morgan fingerprint density at radius 3 is 2.55 bits per heavy atom. The molecule has 5 heteroatoms. The molecule has 0 radical (unpaired) electrons. The molecule has 1 fully saturated rings. The Kier molecular flexibility index (Phi) is 5.17. The second-order valence-electron chi connectivity index (χ2n) is 5.38. The van der Waals surface area contributed by atoms with Crippen molar-refractivity contribution < 1.29 is 5.11 Å². The van der Waals surface area contributed by atoms with Gasteiger partial charge in [0.15, 0.2) is 0 Å². The first-order chi connectivity index (χ1) is 9.73. The number of hydrogen-bond donors (Lipinski definition) is 2. The average molecular weight is 278 g/mol. The van der Waals surface area contributed by atoms with Gasteiger partial charge in [0.05, 0.1) is 6.61 Å². The van der Waals surface area contributed by atoms with Crippen LogP contribution in [0.4, 0.5) is 11.6 Å². The zero-order valence-electron chi connectivity index (χ0n) is 12.8. The molecule has 0 unspecified atom stereocenters. The average Bonchev–Trinajstić information content (AvgIpc) is 3.31. The highest BCUT2D eigenvalue weighted by Gasteiger charge is 2.28. The molecule has 2 N–H and O–H groups in total. The molecular formula is C15H26N4O. The number of aliphatic hydroxyl groups excluding tert-OH is 1. The van der Waals surface area contributed by atoms with E-state index in [-0.39, 0.29) is 6.61 Å². The number of hydrogen-bond acceptors (Lipinski definition) is 5. The molecule has 0 amide bonds. The third-order valence-electron chi connectivity index (χ3n) is 3.95. The van der Waals surface area contributed by atoms with E-state index in [4.69, 9.17) is 4.98 Å². The molecule has 0 atom stereocenters. The van der Waals surface area contributed by atoms with E-state index in [0.29, 0.717) is 18.5 Å². The van der Waals surface area contributed by atoms with Gasteiger partial charge in [0.2, 0.25) is 0 Å². The minimum atomic E-state index is 0.147. The zero-order chi connectivity index (χ0) is 14.5. The van der Waals surface area contributed by atoms with Crippen LogP contribution in [-0.4, -0.2) is 41.3 Å². The number of anilines is 2. The van der Waals surface area contributed by atoms with Crippen molar-refractivity contribution in [3.05, 3.63) is 11.9 Å². The maximum atomic E-state index is 9.35. The molecule has 1 aromatic heterocycles. The van der Waals surface area contributed by atoms with Gasteiger partial charge in [-0.3, -0.25) is 0 Å². The molecule has 1 aromatic rings. The van der Waals surface area contributed by atoms with Crippen molar-refractivity contribution in [2.45, 2.75) is 51.5 Å². The predicted octanol–water partition coefficient (Wildman–Crippen LogP) is 2.38. The fraction of sp³-hybridized carbons (Fsp3) is 0.733. The van der Waals surface area contributed by atoms with Gasteiger partial charge in [-0.05, 0) is 25.7 Å². The third-order valence-corrected chi connectivity index (χ3v) is 3.95. The summed E-state index contributed by atoms with van der Waals surface area (Å²) < 4.78 is 0. The van der Waals surface area contributed by atoms with Crippen molar-refractivity contribution in [3.63, 3.8) is 0 Å². The molecule has 0 saturated heterocycles. The summed E-state index contributed by atoms with van der Waals surface area (Å²) >= 11 is 0. The van der Waals surface area contributed by atoms with Gasteiger partial charge in [0.25, 0.3) is 0 Å². The summed E-state index contributed by atoms with van der Waals surface area (Å²) in [6.45, 7) is 5.13. The lowest BCUT2D eigenvalue weighted by molar-refractivity contribution is 0.295. The minimum absolute atomic E-state index is 0.147. The van der Waals surface area contributed by atoms with E-state index < -0.39 is 0 Å². The Bertz CT molecular complexity index is 430. The Labute approximate surface area is 121 Å². The minimum Gasteiger partial charge on any atom is -0.395 e. The number of aromatic nitrogens is 2. The summed E-state index contributed by atoms with van der Waals surface area (Å²) in [6.07, 6.45) is 4.48. The molecule has 112 valence electrons.